The van der Waals surface area contributed by atoms with Crippen molar-refractivity contribution < 1.29 is 78.5 Å². The summed E-state index contributed by atoms with van der Waals surface area (Å²) in [7, 11) is 1.51. The molecule has 414 valence electrons. The van der Waals surface area contributed by atoms with Crippen molar-refractivity contribution in [2.75, 3.05) is 7.05 Å². The number of aliphatic hydroxyl groups excluding tert-OH is 2. The zero-order valence-electron chi connectivity index (χ0n) is 41.9. The predicted molar refractivity (Wildman–Crippen MR) is 278 cm³/mol. The SMILES string of the molecule is CN[C@H](CC(C)C)C(=O)NC1C(=O)N[C@@H](CC(N)=O)C(=O)N[C@H]2C(=O)N[C@H]3C(=O)NC(C(=O)N[C@H](C(=O)O)c4cc(O)cc(O)c4-c4cc3ccc4O)[C@H](O)c3ccc(c(Cl)c3)Oc3cc(cc2c3)Oc2ccc(cc2Cl)[C@H]1O. The molecule has 5 aliphatic rings. The second-order valence-electron chi connectivity index (χ2n) is 19.3. The summed E-state index contributed by atoms with van der Waals surface area (Å²) in [5.41, 5.74) is 3.70. The van der Waals surface area contributed by atoms with Crippen molar-refractivity contribution in [3.8, 4) is 51.4 Å². The number of primary amides is 1. The van der Waals surface area contributed by atoms with Gasteiger partial charge in [-0.3, -0.25) is 33.6 Å². The van der Waals surface area contributed by atoms with E-state index < -0.39 is 137 Å². The summed E-state index contributed by atoms with van der Waals surface area (Å²) < 4.78 is 12.5. The molecule has 5 heterocycles. The summed E-state index contributed by atoms with van der Waals surface area (Å²) in [5, 5.41) is 84.6. The van der Waals surface area contributed by atoms with Gasteiger partial charge in [-0.1, -0.05) is 55.2 Å². The first kappa shape index (κ1) is 56.5. The zero-order chi connectivity index (χ0) is 57.3. The van der Waals surface area contributed by atoms with Crippen LogP contribution in [0.4, 0.5) is 0 Å². The third-order valence-corrected chi connectivity index (χ3v) is 13.8. The molecule has 0 saturated heterocycles. The molecule has 26 heteroatoms. The van der Waals surface area contributed by atoms with Gasteiger partial charge >= 0.3 is 5.97 Å². The monoisotopic (exact) mass is 1130 g/mol. The van der Waals surface area contributed by atoms with Crippen LogP contribution in [0.5, 0.6) is 40.2 Å². The van der Waals surface area contributed by atoms with Crippen LogP contribution in [0.15, 0.2) is 84.9 Å². The predicted octanol–water partition coefficient (Wildman–Crippen LogP) is 2.69. The van der Waals surface area contributed by atoms with Gasteiger partial charge in [0.1, 0.15) is 82.7 Å². The van der Waals surface area contributed by atoms with Crippen LogP contribution in [0.3, 0.4) is 0 Å². The Morgan fingerprint density at radius 1 is 0.658 bits per heavy atom. The molecule has 7 amide bonds. The third kappa shape index (κ3) is 12.2. The van der Waals surface area contributed by atoms with Crippen LogP contribution >= 0.6 is 23.2 Å². The number of likely N-dealkylation sites (N-methyl/N-ethyl adjacent to an activating group) is 1. The van der Waals surface area contributed by atoms with Gasteiger partial charge in [0, 0.05) is 28.8 Å². The molecule has 15 N–H and O–H groups in total. The number of ether oxygens (including phenoxy) is 2. The maximum absolute atomic E-state index is 15.3. The van der Waals surface area contributed by atoms with Gasteiger partial charge in [0.2, 0.25) is 41.4 Å². The number of carbonyl (C=O) groups excluding carboxylic acids is 7. The van der Waals surface area contributed by atoms with Gasteiger partial charge in [-0.05, 0) is 96.2 Å². The molecular weight excluding hydrogens is 1080 g/mol. The van der Waals surface area contributed by atoms with E-state index >= 15 is 4.79 Å². The maximum atomic E-state index is 15.3. The fraction of sp³-hybridized carbons (Fsp3) is 0.283. The molecule has 5 aliphatic heterocycles. The van der Waals surface area contributed by atoms with Crippen LogP contribution in [-0.4, -0.2) is 109 Å². The maximum Gasteiger partial charge on any atom is 0.330 e. The Hall–Kier alpha value is -8.68. The Morgan fingerprint density at radius 3 is 1.82 bits per heavy atom. The molecule has 10 rings (SSSR count). The fourth-order valence-electron chi connectivity index (χ4n) is 9.31. The highest BCUT2D eigenvalue weighted by atomic mass is 35.5. The van der Waals surface area contributed by atoms with Gasteiger partial charge in [-0.25, -0.2) is 4.79 Å². The summed E-state index contributed by atoms with van der Waals surface area (Å²) >= 11 is 13.5. The lowest BCUT2D eigenvalue weighted by molar-refractivity contribution is -0.143. The highest BCUT2D eigenvalue weighted by molar-refractivity contribution is 6.32. The molecule has 0 saturated carbocycles. The van der Waals surface area contributed by atoms with E-state index in [-0.39, 0.29) is 73.2 Å². The van der Waals surface area contributed by atoms with Crippen molar-refractivity contribution in [2.45, 2.75) is 81.2 Å². The number of fused-ring (bicyclic) bond motifs is 15. The number of rotatable bonds is 8. The number of aliphatic carboxylic acids is 1. The molecule has 0 radical (unpaired) electrons. The molecule has 0 fully saturated rings. The molecule has 0 spiro atoms. The first-order chi connectivity index (χ1) is 37.4. The van der Waals surface area contributed by atoms with E-state index in [0.717, 1.165) is 30.3 Å². The minimum atomic E-state index is -2.15. The number of carbonyl (C=O) groups is 8. The van der Waals surface area contributed by atoms with Gasteiger partial charge < -0.3 is 83.1 Å². The number of carboxylic acid groups (broad SMARTS) is 1. The van der Waals surface area contributed by atoms with Gasteiger partial charge in [0.25, 0.3) is 0 Å². The number of phenolic OH excluding ortho intramolecular Hbond substituents is 3. The lowest BCUT2D eigenvalue weighted by Gasteiger charge is -2.31. The zero-order valence-corrected chi connectivity index (χ0v) is 43.4. The van der Waals surface area contributed by atoms with Crippen LogP contribution in [0, 0.1) is 5.92 Å². The lowest BCUT2D eigenvalue weighted by atomic mass is 9.89. The number of hydrogen-bond donors (Lipinski definition) is 14. The van der Waals surface area contributed by atoms with E-state index in [1.54, 1.807) is 0 Å². The van der Waals surface area contributed by atoms with Crippen LogP contribution < -0.4 is 52.4 Å². The summed E-state index contributed by atoms with van der Waals surface area (Å²) in [6, 6.07) is 3.28. The van der Waals surface area contributed by atoms with Crippen molar-refractivity contribution in [3.63, 3.8) is 0 Å². The van der Waals surface area contributed by atoms with Crippen molar-refractivity contribution in [1.29, 1.82) is 0 Å². The van der Waals surface area contributed by atoms with Gasteiger partial charge in [-0.15, -0.1) is 0 Å². The highest BCUT2D eigenvalue weighted by Crippen LogP contribution is 2.45. The Labute approximate surface area is 458 Å². The Bertz CT molecular complexity index is 3320. The van der Waals surface area contributed by atoms with E-state index in [1.807, 2.05) is 13.8 Å². The molecule has 5 aromatic rings. The van der Waals surface area contributed by atoms with Crippen LogP contribution in [0.2, 0.25) is 10.0 Å². The summed E-state index contributed by atoms with van der Waals surface area (Å²) in [6.45, 7) is 3.71. The van der Waals surface area contributed by atoms with Crippen molar-refractivity contribution in [3.05, 3.63) is 123 Å². The standard InChI is InChI=1S/C53H52Cl2N8O16/c1-20(2)10-32(57-3)47(70)62-43-45(68)22-5-8-36(30(54)14-22)78-26-11-24-12-27(18-26)79-37-9-6-23(15-31(37)55)46(69)44-52(75)61-42(53(76)77)29-16-25(64)17-35(66)39(29)28-13-21(4-7-34(28)65)40(49(72)63-44)60-50(73)41(24)59-48(71)33(19-38(56)67)58-51(43)74/h4-9,11-18,20,32-33,40-46,57,64-66,68-69H,10,19H2,1-3H3,(H2,56,67)(H,58,74)(H,59,71)(H,60,73)(H,61,75)(H,62,70)(H,63,72)(H,76,77)/t32-,33+,40-,41-,42+,43?,44?,45-,46-/m1/s1. The van der Waals surface area contributed by atoms with E-state index in [2.05, 4.69) is 37.2 Å². The van der Waals surface area contributed by atoms with E-state index in [0.29, 0.717) is 0 Å². The second kappa shape index (κ2) is 23.1. The normalized spacial score (nSPS) is 22.6. The largest absolute Gasteiger partial charge is 0.508 e. The number of benzene rings is 5. The van der Waals surface area contributed by atoms with Crippen molar-refractivity contribution in [2.24, 2.45) is 11.7 Å². The van der Waals surface area contributed by atoms with Crippen LogP contribution in [-0.2, 0) is 38.4 Å². The van der Waals surface area contributed by atoms with Crippen molar-refractivity contribution in [1.82, 2.24) is 37.2 Å². The Balaban J connectivity index is 1.34. The Kier molecular flexibility index (Phi) is 16.5. The minimum Gasteiger partial charge on any atom is -0.508 e. The molecule has 11 bridgehead atoms. The molecule has 79 heavy (non-hydrogen) atoms. The number of aliphatic hydroxyl groups is 2. The number of nitrogens with one attached hydrogen (secondary N) is 7. The number of carboxylic acids is 1. The summed E-state index contributed by atoms with van der Waals surface area (Å²) in [4.78, 5) is 113. The summed E-state index contributed by atoms with van der Waals surface area (Å²) in [5.74, 6) is -12.7. The van der Waals surface area contributed by atoms with E-state index in [9.17, 15) is 64.2 Å². The van der Waals surface area contributed by atoms with E-state index in [4.69, 9.17) is 38.4 Å². The molecule has 9 atom stereocenters. The number of halogens is 2. The first-order valence-electron chi connectivity index (χ1n) is 24.3. The van der Waals surface area contributed by atoms with Gasteiger partial charge in [0.15, 0.2) is 6.04 Å². The second-order valence-corrected chi connectivity index (χ2v) is 20.1. The molecule has 24 nitrogen and oxygen atoms in total. The fourth-order valence-corrected chi connectivity index (χ4v) is 9.77. The van der Waals surface area contributed by atoms with Gasteiger partial charge in [-0.2, -0.15) is 0 Å². The topological polar surface area (TPSA) is 387 Å². The average Bonchev–Trinajstić information content (AvgIpc) is 3.47. The third-order valence-electron chi connectivity index (χ3n) is 13.2. The number of amides is 7. The number of phenols is 3. The molecule has 0 aromatic heterocycles. The van der Waals surface area contributed by atoms with Gasteiger partial charge in [0.05, 0.1) is 22.5 Å². The minimum absolute atomic E-state index is 0.00948. The van der Waals surface area contributed by atoms with E-state index in [1.165, 1.54) is 61.6 Å². The molecule has 5 aromatic carbocycles. The smallest absolute Gasteiger partial charge is 0.330 e. The first-order valence-corrected chi connectivity index (χ1v) is 25.0. The highest BCUT2D eigenvalue weighted by Gasteiger charge is 2.41. The van der Waals surface area contributed by atoms with Crippen LogP contribution in [0.1, 0.15) is 84.8 Å². The molecular formula is C53H52Cl2N8O16. The molecule has 2 unspecified atom stereocenters. The lowest BCUT2D eigenvalue weighted by Crippen LogP contribution is -2.59. The molecule has 0 aliphatic carbocycles. The number of nitrogens with two attached hydrogens (primary N) is 1. The quantitative estimate of drug-likeness (QED) is 0.106. The number of aromatic hydroxyl groups is 3. The number of hydrogen-bond acceptors (Lipinski definition) is 16. The average molecular weight is 1130 g/mol. The van der Waals surface area contributed by atoms with Crippen molar-refractivity contribution >= 4 is 70.5 Å². The van der Waals surface area contributed by atoms with Crippen LogP contribution in [0.25, 0.3) is 11.1 Å². The summed E-state index contributed by atoms with van der Waals surface area (Å²) in [6.07, 6.45) is -4.60. The Morgan fingerprint density at radius 2 is 1.24 bits per heavy atom.